The lowest BCUT2D eigenvalue weighted by atomic mass is 9.73. The molecule has 0 saturated heterocycles. The molecule has 2 aliphatic rings. The number of ketones is 1. The predicted octanol–water partition coefficient (Wildman–Crippen LogP) is 5.13. The molecule has 1 atom stereocenters. The quantitative estimate of drug-likeness (QED) is 0.468. The van der Waals surface area contributed by atoms with Gasteiger partial charge in [-0.1, -0.05) is 37.6 Å². The number of hydrogen-bond acceptors (Lipinski definition) is 6. The summed E-state index contributed by atoms with van der Waals surface area (Å²) in [4.78, 5) is 39.9. The lowest BCUT2D eigenvalue weighted by molar-refractivity contribution is -0.131. The minimum atomic E-state index is -0.824. The molecular weight excluding hydrogens is 444 g/mol. The van der Waals surface area contributed by atoms with E-state index in [-0.39, 0.29) is 33.6 Å². The first-order chi connectivity index (χ1) is 15.5. The van der Waals surface area contributed by atoms with Gasteiger partial charge in [0.15, 0.2) is 11.5 Å². The van der Waals surface area contributed by atoms with Gasteiger partial charge in [0.25, 0.3) is 0 Å². The minimum absolute atomic E-state index is 0.0206. The average Bonchev–Trinajstić information content (AvgIpc) is 2.81. The molecule has 33 heavy (non-hydrogen) atoms. The standard InChI is InChI=1S/C25H25ClN2O5/c1-13(29)28-19-6-5-7-21(33-14(2)30)23(19)27-18-11-25(3,4)12-20(32)22(18)24(28)16-9-8-15(31)10-17(16)26/h5-10,24,27,31H,11-12H2,1-4H3. The van der Waals surface area contributed by atoms with E-state index in [9.17, 15) is 19.5 Å². The largest absolute Gasteiger partial charge is 0.508 e. The summed E-state index contributed by atoms with van der Waals surface area (Å²) in [5.41, 5.74) is 2.16. The number of amides is 1. The fraction of sp³-hybridized carbons (Fsp3) is 0.320. The highest BCUT2D eigenvalue weighted by Gasteiger charge is 2.43. The van der Waals surface area contributed by atoms with Crippen molar-refractivity contribution in [2.75, 3.05) is 10.2 Å². The maximum absolute atomic E-state index is 13.5. The molecule has 1 aliphatic carbocycles. The number of carbonyl (C=O) groups excluding carboxylic acids is 3. The smallest absolute Gasteiger partial charge is 0.308 e. The van der Waals surface area contributed by atoms with Crippen LogP contribution in [0.1, 0.15) is 52.1 Å². The lowest BCUT2D eigenvalue weighted by Crippen LogP contribution is -2.38. The van der Waals surface area contributed by atoms with Crippen molar-refractivity contribution in [3.8, 4) is 11.5 Å². The van der Waals surface area contributed by atoms with E-state index >= 15 is 0 Å². The van der Waals surface area contributed by atoms with Gasteiger partial charge in [-0.15, -0.1) is 0 Å². The van der Waals surface area contributed by atoms with Gasteiger partial charge >= 0.3 is 5.97 Å². The van der Waals surface area contributed by atoms with Crippen LogP contribution in [0.25, 0.3) is 0 Å². The van der Waals surface area contributed by atoms with E-state index in [1.165, 1.54) is 30.9 Å². The van der Waals surface area contributed by atoms with Gasteiger partial charge in [0, 0.05) is 36.6 Å². The van der Waals surface area contributed by atoms with Crippen LogP contribution in [0.5, 0.6) is 11.5 Å². The maximum atomic E-state index is 13.5. The summed E-state index contributed by atoms with van der Waals surface area (Å²) in [6.45, 7) is 6.72. The molecule has 1 heterocycles. The van der Waals surface area contributed by atoms with Gasteiger partial charge < -0.3 is 15.2 Å². The zero-order chi connectivity index (χ0) is 24.1. The number of esters is 1. The number of aromatic hydroxyl groups is 1. The topological polar surface area (TPSA) is 95.9 Å². The number of hydrogen-bond donors (Lipinski definition) is 2. The van der Waals surface area contributed by atoms with E-state index in [1.807, 2.05) is 13.8 Å². The van der Waals surface area contributed by atoms with Crippen LogP contribution in [0, 0.1) is 5.41 Å². The number of nitrogens with one attached hydrogen (secondary N) is 1. The molecule has 2 aromatic carbocycles. The zero-order valence-corrected chi connectivity index (χ0v) is 19.6. The summed E-state index contributed by atoms with van der Waals surface area (Å²) in [5.74, 6) is -0.690. The van der Waals surface area contributed by atoms with Gasteiger partial charge in [-0.25, -0.2) is 0 Å². The molecule has 1 aliphatic heterocycles. The summed E-state index contributed by atoms with van der Waals surface area (Å²) in [6, 6.07) is 8.71. The van der Waals surface area contributed by atoms with Crippen molar-refractivity contribution in [3.63, 3.8) is 0 Å². The number of halogens is 1. The van der Waals surface area contributed by atoms with Crippen molar-refractivity contribution in [3.05, 3.63) is 58.3 Å². The number of fused-ring (bicyclic) bond motifs is 1. The average molecular weight is 469 g/mol. The Morgan fingerprint density at radius 1 is 1.18 bits per heavy atom. The summed E-state index contributed by atoms with van der Waals surface area (Å²) < 4.78 is 5.43. The summed E-state index contributed by atoms with van der Waals surface area (Å²) in [6.07, 6.45) is 0.846. The Labute approximate surface area is 197 Å². The first-order valence-electron chi connectivity index (χ1n) is 10.6. The van der Waals surface area contributed by atoms with Crippen LogP contribution in [0.15, 0.2) is 47.7 Å². The molecule has 0 saturated carbocycles. The molecule has 1 unspecified atom stereocenters. The number of benzene rings is 2. The Morgan fingerprint density at radius 3 is 2.55 bits per heavy atom. The predicted molar refractivity (Wildman–Crippen MR) is 125 cm³/mol. The maximum Gasteiger partial charge on any atom is 0.308 e. The Hall–Kier alpha value is -3.32. The SMILES string of the molecule is CC(=O)Oc1cccc2c1NC1=C(C(=O)CC(C)(C)C1)C(c1ccc(O)cc1Cl)N2C(C)=O. The Balaban J connectivity index is 2.06. The number of ether oxygens (including phenoxy) is 1. The number of para-hydroxylation sites is 1. The van der Waals surface area contributed by atoms with Crippen LogP contribution in [0.2, 0.25) is 5.02 Å². The molecule has 0 spiro atoms. The second-order valence-electron chi connectivity index (χ2n) is 9.20. The number of phenols is 1. The van der Waals surface area contributed by atoms with Crippen molar-refractivity contribution in [1.29, 1.82) is 0 Å². The van der Waals surface area contributed by atoms with Crippen LogP contribution < -0.4 is 15.0 Å². The molecule has 2 aromatic rings. The number of anilines is 2. The van der Waals surface area contributed by atoms with Gasteiger partial charge in [0.2, 0.25) is 5.91 Å². The van der Waals surface area contributed by atoms with Crippen LogP contribution in [-0.4, -0.2) is 22.8 Å². The van der Waals surface area contributed by atoms with E-state index < -0.39 is 12.0 Å². The summed E-state index contributed by atoms with van der Waals surface area (Å²) >= 11 is 6.53. The second kappa shape index (κ2) is 8.23. The van der Waals surface area contributed by atoms with Gasteiger partial charge in [-0.05, 0) is 41.7 Å². The Morgan fingerprint density at radius 2 is 1.91 bits per heavy atom. The summed E-state index contributed by atoms with van der Waals surface area (Å²) in [7, 11) is 0. The van der Waals surface area contributed by atoms with Crippen LogP contribution in [-0.2, 0) is 14.4 Å². The molecule has 0 radical (unpaired) electrons. The molecular formula is C25H25ClN2O5. The number of carbonyl (C=O) groups is 3. The zero-order valence-electron chi connectivity index (χ0n) is 18.9. The molecule has 0 aromatic heterocycles. The molecule has 4 rings (SSSR count). The number of Topliss-reactive ketones (excluding diaryl/α,β-unsaturated/α-hetero) is 1. The highest BCUT2D eigenvalue weighted by Crippen LogP contribution is 2.51. The molecule has 0 fully saturated rings. The highest BCUT2D eigenvalue weighted by molar-refractivity contribution is 6.31. The van der Waals surface area contributed by atoms with Gasteiger partial charge in [0.1, 0.15) is 11.4 Å². The second-order valence-corrected chi connectivity index (χ2v) is 9.61. The molecule has 0 bridgehead atoms. The highest BCUT2D eigenvalue weighted by atomic mass is 35.5. The van der Waals surface area contributed by atoms with E-state index in [1.54, 1.807) is 24.3 Å². The van der Waals surface area contributed by atoms with Gasteiger partial charge in [-0.3, -0.25) is 19.3 Å². The fourth-order valence-electron chi connectivity index (χ4n) is 4.65. The number of phenolic OH excluding ortho intramolecular Hbond substituents is 1. The molecule has 8 heteroatoms. The van der Waals surface area contributed by atoms with Crippen molar-refractivity contribution in [1.82, 2.24) is 0 Å². The van der Waals surface area contributed by atoms with Crippen molar-refractivity contribution < 1.29 is 24.2 Å². The van der Waals surface area contributed by atoms with E-state index in [0.29, 0.717) is 41.1 Å². The summed E-state index contributed by atoms with van der Waals surface area (Å²) in [5, 5.41) is 13.5. The molecule has 7 nitrogen and oxygen atoms in total. The van der Waals surface area contributed by atoms with E-state index in [0.717, 1.165) is 0 Å². The number of allylic oxidation sites excluding steroid dienone is 1. The first kappa shape index (κ1) is 22.9. The normalized spacial score (nSPS) is 19.2. The van der Waals surface area contributed by atoms with Crippen LogP contribution in [0.4, 0.5) is 11.4 Å². The molecule has 1 amide bonds. The van der Waals surface area contributed by atoms with E-state index in [4.69, 9.17) is 16.3 Å². The first-order valence-corrected chi connectivity index (χ1v) is 11.0. The van der Waals surface area contributed by atoms with Gasteiger partial charge in [-0.2, -0.15) is 0 Å². The van der Waals surface area contributed by atoms with E-state index in [2.05, 4.69) is 5.32 Å². The number of rotatable bonds is 2. The van der Waals surface area contributed by atoms with Crippen molar-refractivity contribution in [2.45, 2.75) is 46.6 Å². The van der Waals surface area contributed by atoms with Crippen molar-refractivity contribution in [2.24, 2.45) is 5.41 Å². The van der Waals surface area contributed by atoms with Crippen LogP contribution in [0.3, 0.4) is 0 Å². The van der Waals surface area contributed by atoms with Crippen molar-refractivity contribution >= 4 is 40.6 Å². The molecule has 172 valence electrons. The minimum Gasteiger partial charge on any atom is -0.508 e. The monoisotopic (exact) mass is 468 g/mol. The Bertz CT molecular complexity index is 1220. The lowest BCUT2D eigenvalue weighted by Gasteiger charge is -2.37. The Kier molecular flexibility index (Phi) is 5.70. The van der Waals surface area contributed by atoms with Crippen LogP contribution >= 0.6 is 11.6 Å². The third-order valence-corrected chi connectivity index (χ3v) is 6.19. The van der Waals surface area contributed by atoms with Gasteiger partial charge in [0.05, 0.1) is 11.7 Å². The fourth-order valence-corrected chi connectivity index (χ4v) is 4.93. The third kappa shape index (κ3) is 4.20. The third-order valence-electron chi connectivity index (χ3n) is 5.86. The number of nitrogens with zero attached hydrogens (tertiary/aromatic N) is 1. The molecule has 2 N–H and O–H groups in total.